The summed E-state index contributed by atoms with van der Waals surface area (Å²) in [6.07, 6.45) is 0. The van der Waals surface area contributed by atoms with Gasteiger partial charge in [0.1, 0.15) is 0 Å². The molecule has 1 aromatic carbocycles. The van der Waals surface area contributed by atoms with E-state index in [0.29, 0.717) is 10.8 Å². The molecule has 0 amide bonds. The van der Waals surface area contributed by atoms with E-state index in [4.69, 9.17) is 17.3 Å². The van der Waals surface area contributed by atoms with Crippen molar-refractivity contribution in [3.63, 3.8) is 0 Å². The molecule has 90 valence electrons. The van der Waals surface area contributed by atoms with Crippen LogP contribution >= 0.6 is 22.9 Å². The molecule has 0 unspecified atom stereocenters. The predicted octanol–water partition coefficient (Wildman–Crippen LogP) is 4.04. The molecule has 0 aliphatic rings. The number of hydrogen-bond donors (Lipinski definition) is 2. The Hall–Kier alpha value is -1.78. The molecule has 3 rings (SSSR count). The quantitative estimate of drug-likeness (QED) is 0.741. The molecule has 0 bridgehead atoms. The van der Waals surface area contributed by atoms with Crippen molar-refractivity contribution in [2.75, 3.05) is 5.73 Å². The van der Waals surface area contributed by atoms with E-state index in [2.05, 4.69) is 10.2 Å². The van der Waals surface area contributed by atoms with Gasteiger partial charge in [0.05, 0.1) is 21.2 Å². The normalized spacial score (nSPS) is 10.7. The van der Waals surface area contributed by atoms with Crippen LogP contribution in [-0.4, -0.2) is 10.2 Å². The fourth-order valence-electron chi connectivity index (χ4n) is 1.89. The summed E-state index contributed by atoms with van der Waals surface area (Å²) in [4.78, 5) is 0.958. The van der Waals surface area contributed by atoms with Crippen LogP contribution in [0.25, 0.3) is 21.7 Å². The molecule has 2 aromatic heterocycles. The van der Waals surface area contributed by atoms with Gasteiger partial charge in [-0.3, -0.25) is 5.10 Å². The first-order valence-corrected chi connectivity index (χ1v) is 6.66. The molecule has 0 spiro atoms. The highest BCUT2D eigenvalue weighted by Gasteiger charge is 2.17. The number of nitrogen functional groups attached to an aromatic ring is 1. The summed E-state index contributed by atoms with van der Waals surface area (Å²) in [5, 5.41) is 9.71. The average Bonchev–Trinajstić information content (AvgIpc) is 2.96. The Labute approximate surface area is 113 Å². The van der Waals surface area contributed by atoms with E-state index in [-0.39, 0.29) is 0 Å². The second-order valence-electron chi connectivity index (χ2n) is 3.82. The minimum absolute atomic E-state index is 0.487. The number of nitrogens with zero attached hydrogens (tertiary/aromatic N) is 1. The minimum atomic E-state index is 0.487. The van der Waals surface area contributed by atoms with E-state index >= 15 is 0 Å². The largest absolute Gasteiger partial charge is 0.382 e. The van der Waals surface area contributed by atoms with E-state index in [1.165, 1.54) is 0 Å². The zero-order valence-corrected chi connectivity index (χ0v) is 10.9. The Kier molecular flexibility index (Phi) is 2.81. The highest BCUT2D eigenvalue weighted by Crippen LogP contribution is 2.40. The van der Waals surface area contributed by atoms with Crippen LogP contribution in [0.2, 0.25) is 5.02 Å². The number of aromatic amines is 1. The van der Waals surface area contributed by atoms with E-state index in [9.17, 15) is 0 Å². The highest BCUT2D eigenvalue weighted by molar-refractivity contribution is 7.14. The van der Waals surface area contributed by atoms with Crippen molar-refractivity contribution in [2.24, 2.45) is 0 Å². The van der Waals surface area contributed by atoms with Crippen molar-refractivity contribution in [2.45, 2.75) is 0 Å². The SMILES string of the molecule is Nc1n[nH]c(-c2sccc2Cl)c1-c1ccccc1. The van der Waals surface area contributed by atoms with Crippen molar-refractivity contribution in [1.29, 1.82) is 0 Å². The third-order valence-corrected chi connectivity index (χ3v) is 4.06. The molecular formula is C13H10ClN3S. The second-order valence-corrected chi connectivity index (χ2v) is 5.15. The zero-order chi connectivity index (χ0) is 12.5. The van der Waals surface area contributed by atoms with Crippen LogP contribution in [0.15, 0.2) is 41.8 Å². The van der Waals surface area contributed by atoms with Crippen LogP contribution in [0.4, 0.5) is 5.82 Å². The topological polar surface area (TPSA) is 54.7 Å². The number of H-pyrrole nitrogens is 1. The van der Waals surface area contributed by atoms with Crippen molar-refractivity contribution in [3.8, 4) is 21.7 Å². The maximum Gasteiger partial charge on any atom is 0.153 e. The molecule has 2 heterocycles. The summed E-state index contributed by atoms with van der Waals surface area (Å²) in [7, 11) is 0. The fourth-order valence-corrected chi connectivity index (χ4v) is 3.04. The molecule has 0 aliphatic heterocycles. The molecule has 3 N–H and O–H groups in total. The molecule has 0 atom stereocenters. The molecule has 0 saturated heterocycles. The van der Waals surface area contributed by atoms with E-state index in [1.807, 2.05) is 41.8 Å². The maximum absolute atomic E-state index is 6.16. The predicted molar refractivity (Wildman–Crippen MR) is 76.8 cm³/mol. The minimum Gasteiger partial charge on any atom is -0.382 e. The summed E-state index contributed by atoms with van der Waals surface area (Å²) in [6.45, 7) is 0. The molecule has 3 nitrogen and oxygen atoms in total. The van der Waals surface area contributed by atoms with Gasteiger partial charge in [0.15, 0.2) is 5.82 Å². The second kappa shape index (κ2) is 4.48. The Morgan fingerprint density at radius 1 is 1.17 bits per heavy atom. The summed E-state index contributed by atoms with van der Waals surface area (Å²) in [5.41, 5.74) is 8.76. The van der Waals surface area contributed by atoms with Gasteiger partial charge in [-0.2, -0.15) is 5.10 Å². The monoisotopic (exact) mass is 275 g/mol. The molecule has 0 fully saturated rings. The molecule has 0 aliphatic carbocycles. The smallest absolute Gasteiger partial charge is 0.153 e. The molecule has 0 radical (unpaired) electrons. The van der Waals surface area contributed by atoms with Gasteiger partial charge in [-0.1, -0.05) is 41.9 Å². The van der Waals surface area contributed by atoms with Gasteiger partial charge in [-0.25, -0.2) is 0 Å². The number of benzene rings is 1. The van der Waals surface area contributed by atoms with Crippen LogP contribution in [0, 0.1) is 0 Å². The van der Waals surface area contributed by atoms with Gasteiger partial charge in [0.25, 0.3) is 0 Å². The van der Waals surface area contributed by atoms with Gasteiger partial charge in [-0.05, 0) is 17.0 Å². The first-order chi connectivity index (χ1) is 8.77. The van der Waals surface area contributed by atoms with E-state index in [0.717, 1.165) is 21.7 Å². The Bertz CT molecular complexity index is 673. The van der Waals surface area contributed by atoms with Crippen molar-refractivity contribution in [1.82, 2.24) is 10.2 Å². The van der Waals surface area contributed by atoms with Crippen LogP contribution in [0.1, 0.15) is 0 Å². The number of aromatic nitrogens is 2. The number of anilines is 1. The molecule has 0 saturated carbocycles. The number of nitrogens with two attached hydrogens (primary N) is 1. The van der Waals surface area contributed by atoms with Crippen LogP contribution < -0.4 is 5.73 Å². The Morgan fingerprint density at radius 2 is 1.94 bits per heavy atom. The van der Waals surface area contributed by atoms with Gasteiger partial charge in [0, 0.05) is 0 Å². The summed E-state index contributed by atoms with van der Waals surface area (Å²) in [5.74, 6) is 0.487. The van der Waals surface area contributed by atoms with Crippen LogP contribution in [0.3, 0.4) is 0 Å². The van der Waals surface area contributed by atoms with Gasteiger partial charge in [-0.15, -0.1) is 11.3 Å². The number of thiophene rings is 1. The first kappa shape index (κ1) is 11.3. The number of hydrogen-bond acceptors (Lipinski definition) is 3. The lowest BCUT2D eigenvalue weighted by atomic mass is 10.0. The third kappa shape index (κ3) is 1.79. The number of nitrogens with one attached hydrogen (secondary N) is 1. The lowest BCUT2D eigenvalue weighted by molar-refractivity contribution is 1.11. The Balaban J connectivity index is 2.22. The van der Waals surface area contributed by atoms with Crippen molar-refractivity contribution >= 4 is 28.8 Å². The zero-order valence-electron chi connectivity index (χ0n) is 9.35. The van der Waals surface area contributed by atoms with E-state index in [1.54, 1.807) is 11.3 Å². The fraction of sp³-hybridized carbons (Fsp3) is 0. The van der Waals surface area contributed by atoms with Gasteiger partial charge in [0.2, 0.25) is 0 Å². The molecule has 18 heavy (non-hydrogen) atoms. The van der Waals surface area contributed by atoms with Crippen LogP contribution in [-0.2, 0) is 0 Å². The van der Waals surface area contributed by atoms with Crippen LogP contribution in [0.5, 0.6) is 0 Å². The van der Waals surface area contributed by atoms with Crippen molar-refractivity contribution in [3.05, 3.63) is 46.8 Å². The lowest BCUT2D eigenvalue weighted by Crippen LogP contribution is -1.88. The average molecular weight is 276 g/mol. The maximum atomic E-state index is 6.16. The molecule has 5 heteroatoms. The summed E-state index contributed by atoms with van der Waals surface area (Å²) in [6, 6.07) is 11.8. The lowest BCUT2D eigenvalue weighted by Gasteiger charge is -2.03. The number of halogens is 1. The van der Waals surface area contributed by atoms with Crippen molar-refractivity contribution < 1.29 is 0 Å². The standard InChI is InChI=1S/C13H10ClN3S/c14-9-6-7-18-12(9)11-10(13(15)17-16-11)8-4-2-1-3-5-8/h1-7H,(H3,15,16,17). The Morgan fingerprint density at radius 3 is 2.61 bits per heavy atom. The van der Waals surface area contributed by atoms with Gasteiger partial charge < -0.3 is 5.73 Å². The molecular weight excluding hydrogens is 266 g/mol. The summed E-state index contributed by atoms with van der Waals surface area (Å²) < 4.78 is 0. The first-order valence-electron chi connectivity index (χ1n) is 5.40. The number of rotatable bonds is 2. The highest BCUT2D eigenvalue weighted by atomic mass is 35.5. The third-order valence-electron chi connectivity index (χ3n) is 2.70. The van der Waals surface area contributed by atoms with Gasteiger partial charge >= 0.3 is 0 Å². The summed E-state index contributed by atoms with van der Waals surface area (Å²) >= 11 is 7.73. The molecule has 3 aromatic rings. The van der Waals surface area contributed by atoms with E-state index < -0.39 is 0 Å².